The number of nitrogens with one attached hydrogen (secondary N) is 1. The predicted molar refractivity (Wildman–Crippen MR) is 124 cm³/mol. The van der Waals surface area contributed by atoms with E-state index >= 15 is 0 Å². The molecular formula is C25H31N5O. The Bertz CT molecular complexity index is 1010. The smallest absolute Gasteiger partial charge is 0.267 e. The number of piperazine rings is 1. The fourth-order valence-corrected chi connectivity index (χ4v) is 3.99. The standard InChI is InChI=1S/C25H31N5O/c1-20-5-3-4-6-22(20)18-30-19-23(21-7-9-26-10-8-21)17-24(30)25(31)27-11-12-29-15-13-28(2)14-16-29/h3-10,17,19H,11-16,18H2,1-2H3,(H,27,31). The van der Waals surface area contributed by atoms with Gasteiger partial charge in [0.05, 0.1) is 0 Å². The molecule has 1 aromatic carbocycles. The van der Waals surface area contributed by atoms with Crippen LogP contribution < -0.4 is 5.32 Å². The van der Waals surface area contributed by atoms with E-state index in [4.69, 9.17) is 0 Å². The molecule has 0 bridgehead atoms. The number of aryl methyl sites for hydroxylation is 1. The van der Waals surface area contributed by atoms with Crippen LogP contribution in [-0.4, -0.2) is 71.6 Å². The van der Waals surface area contributed by atoms with Gasteiger partial charge < -0.3 is 14.8 Å². The quantitative estimate of drug-likeness (QED) is 0.642. The molecule has 6 nitrogen and oxygen atoms in total. The molecule has 0 spiro atoms. The highest BCUT2D eigenvalue weighted by Crippen LogP contribution is 2.23. The summed E-state index contributed by atoms with van der Waals surface area (Å²) in [5.41, 5.74) is 5.22. The monoisotopic (exact) mass is 417 g/mol. The number of rotatable bonds is 7. The lowest BCUT2D eigenvalue weighted by atomic mass is 10.1. The summed E-state index contributed by atoms with van der Waals surface area (Å²) in [6.07, 6.45) is 5.63. The van der Waals surface area contributed by atoms with Crippen LogP contribution >= 0.6 is 0 Å². The third kappa shape index (κ3) is 5.40. The second kappa shape index (κ2) is 9.90. The fourth-order valence-electron chi connectivity index (χ4n) is 3.99. The molecule has 3 aromatic rings. The van der Waals surface area contributed by atoms with Gasteiger partial charge in [-0.3, -0.25) is 14.7 Å². The molecule has 1 fully saturated rings. The summed E-state index contributed by atoms with van der Waals surface area (Å²) in [5.74, 6) is -0.0250. The molecule has 6 heteroatoms. The highest BCUT2D eigenvalue weighted by molar-refractivity contribution is 5.94. The number of carbonyl (C=O) groups is 1. The highest BCUT2D eigenvalue weighted by Gasteiger charge is 2.17. The molecule has 0 unspecified atom stereocenters. The summed E-state index contributed by atoms with van der Waals surface area (Å²) in [5, 5.41) is 3.14. The Morgan fingerprint density at radius 3 is 2.52 bits per heavy atom. The molecule has 1 N–H and O–H groups in total. The molecule has 1 saturated heterocycles. The lowest BCUT2D eigenvalue weighted by molar-refractivity contribution is 0.0932. The zero-order valence-electron chi connectivity index (χ0n) is 18.4. The Kier molecular flexibility index (Phi) is 6.79. The summed E-state index contributed by atoms with van der Waals surface area (Å²) in [6, 6.07) is 14.3. The molecule has 1 aliphatic heterocycles. The van der Waals surface area contributed by atoms with E-state index in [-0.39, 0.29) is 5.91 Å². The molecule has 31 heavy (non-hydrogen) atoms. The van der Waals surface area contributed by atoms with E-state index in [1.165, 1.54) is 11.1 Å². The number of amides is 1. The first-order valence-electron chi connectivity index (χ1n) is 10.9. The van der Waals surface area contributed by atoms with Gasteiger partial charge in [0.2, 0.25) is 0 Å². The molecule has 1 amide bonds. The van der Waals surface area contributed by atoms with E-state index in [0.717, 1.165) is 43.9 Å². The average Bonchev–Trinajstić information content (AvgIpc) is 3.21. The Morgan fingerprint density at radius 2 is 1.77 bits per heavy atom. The van der Waals surface area contributed by atoms with E-state index in [1.807, 2.05) is 30.3 Å². The number of aromatic nitrogens is 2. The maximum atomic E-state index is 13.1. The molecular weight excluding hydrogens is 386 g/mol. The number of carbonyl (C=O) groups excluding carboxylic acids is 1. The largest absolute Gasteiger partial charge is 0.349 e. The van der Waals surface area contributed by atoms with Crippen molar-refractivity contribution in [1.29, 1.82) is 0 Å². The van der Waals surface area contributed by atoms with Crippen molar-refractivity contribution in [2.75, 3.05) is 46.3 Å². The first kappa shape index (κ1) is 21.3. The van der Waals surface area contributed by atoms with Crippen LogP contribution in [0.25, 0.3) is 11.1 Å². The molecule has 0 saturated carbocycles. The lowest BCUT2D eigenvalue weighted by Gasteiger charge is -2.32. The van der Waals surface area contributed by atoms with Crippen LogP contribution in [0.5, 0.6) is 0 Å². The van der Waals surface area contributed by atoms with E-state index in [1.54, 1.807) is 12.4 Å². The molecule has 1 aliphatic rings. The lowest BCUT2D eigenvalue weighted by Crippen LogP contribution is -2.47. The van der Waals surface area contributed by atoms with Crippen molar-refractivity contribution in [2.24, 2.45) is 0 Å². The van der Waals surface area contributed by atoms with Crippen LogP contribution in [0.1, 0.15) is 21.6 Å². The summed E-state index contributed by atoms with van der Waals surface area (Å²) in [6.45, 7) is 8.60. The van der Waals surface area contributed by atoms with Crippen LogP contribution in [0, 0.1) is 6.92 Å². The second-order valence-electron chi connectivity index (χ2n) is 8.31. The van der Waals surface area contributed by atoms with Crippen molar-refractivity contribution < 1.29 is 4.79 Å². The van der Waals surface area contributed by atoms with Gasteiger partial charge in [0.1, 0.15) is 5.69 Å². The molecule has 0 atom stereocenters. The van der Waals surface area contributed by atoms with E-state index < -0.39 is 0 Å². The maximum absolute atomic E-state index is 13.1. The number of hydrogen-bond acceptors (Lipinski definition) is 4. The van der Waals surface area contributed by atoms with Gasteiger partial charge in [0.25, 0.3) is 5.91 Å². The Morgan fingerprint density at radius 1 is 1.03 bits per heavy atom. The van der Waals surface area contributed by atoms with E-state index in [9.17, 15) is 4.79 Å². The zero-order valence-corrected chi connectivity index (χ0v) is 18.4. The van der Waals surface area contributed by atoms with E-state index in [0.29, 0.717) is 18.8 Å². The van der Waals surface area contributed by atoms with Crippen molar-refractivity contribution in [2.45, 2.75) is 13.5 Å². The highest BCUT2D eigenvalue weighted by atomic mass is 16.1. The van der Waals surface area contributed by atoms with Gasteiger partial charge in [-0.1, -0.05) is 24.3 Å². The van der Waals surface area contributed by atoms with Gasteiger partial charge in [-0.25, -0.2) is 0 Å². The SMILES string of the molecule is Cc1ccccc1Cn1cc(-c2ccncc2)cc1C(=O)NCCN1CCN(C)CC1. The normalized spacial score (nSPS) is 15.2. The first-order chi connectivity index (χ1) is 15.1. The minimum Gasteiger partial charge on any atom is -0.349 e. The topological polar surface area (TPSA) is 53.4 Å². The molecule has 2 aromatic heterocycles. The van der Waals surface area contributed by atoms with Crippen molar-refractivity contribution in [3.8, 4) is 11.1 Å². The number of benzene rings is 1. The summed E-state index contributed by atoms with van der Waals surface area (Å²) in [7, 11) is 2.15. The minimum atomic E-state index is -0.0250. The Hall–Kier alpha value is -2.96. The van der Waals surface area contributed by atoms with Crippen LogP contribution in [0.3, 0.4) is 0 Å². The number of nitrogens with zero attached hydrogens (tertiary/aromatic N) is 4. The number of hydrogen-bond donors (Lipinski definition) is 1. The third-order valence-corrected chi connectivity index (χ3v) is 6.05. The van der Waals surface area contributed by atoms with Gasteiger partial charge >= 0.3 is 0 Å². The van der Waals surface area contributed by atoms with E-state index in [2.05, 4.69) is 57.0 Å². The van der Waals surface area contributed by atoms with Crippen LogP contribution in [0.2, 0.25) is 0 Å². The molecule has 3 heterocycles. The van der Waals surface area contributed by atoms with Gasteiger partial charge in [-0.15, -0.1) is 0 Å². The van der Waals surface area contributed by atoms with Crippen LogP contribution in [0.4, 0.5) is 0 Å². The Labute approximate surface area is 184 Å². The Balaban J connectivity index is 1.49. The van der Waals surface area contributed by atoms with Crippen molar-refractivity contribution >= 4 is 5.91 Å². The van der Waals surface area contributed by atoms with Crippen LogP contribution in [-0.2, 0) is 6.54 Å². The summed E-state index contributed by atoms with van der Waals surface area (Å²) < 4.78 is 2.06. The summed E-state index contributed by atoms with van der Waals surface area (Å²) in [4.78, 5) is 22.0. The minimum absolute atomic E-state index is 0.0250. The second-order valence-corrected chi connectivity index (χ2v) is 8.31. The maximum Gasteiger partial charge on any atom is 0.267 e. The van der Waals surface area contributed by atoms with Gasteiger partial charge in [-0.2, -0.15) is 0 Å². The van der Waals surface area contributed by atoms with Gasteiger partial charge in [0.15, 0.2) is 0 Å². The molecule has 0 radical (unpaired) electrons. The van der Waals surface area contributed by atoms with Crippen molar-refractivity contribution in [3.05, 3.63) is 77.9 Å². The predicted octanol–water partition coefficient (Wildman–Crippen LogP) is 2.88. The van der Waals surface area contributed by atoms with Gasteiger partial charge in [0, 0.05) is 70.0 Å². The average molecular weight is 418 g/mol. The van der Waals surface area contributed by atoms with Crippen LogP contribution in [0.15, 0.2) is 61.1 Å². The molecule has 162 valence electrons. The number of pyridine rings is 1. The fraction of sp³-hybridized carbons (Fsp3) is 0.360. The van der Waals surface area contributed by atoms with Gasteiger partial charge in [-0.05, 0) is 48.9 Å². The molecule has 4 rings (SSSR count). The van der Waals surface area contributed by atoms with Crippen molar-refractivity contribution in [3.63, 3.8) is 0 Å². The summed E-state index contributed by atoms with van der Waals surface area (Å²) >= 11 is 0. The van der Waals surface area contributed by atoms with Crippen molar-refractivity contribution in [1.82, 2.24) is 24.7 Å². The zero-order chi connectivity index (χ0) is 21.6. The number of likely N-dealkylation sites (N-methyl/N-ethyl adjacent to an activating group) is 1. The first-order valence-corrected chi connectivity index (χ1v) is 10.9. The third-order valence-electron chi connectivity index (χ3n) is 6.05. The molecule has 0 aliphatic carbocycles.